The lowest BCUT2D eigenvalue weighted by molar-refractivity contribution is -0.325. The van der Waals surface area contributed by atoms with Gasteiger partial charge in [0.2, 0.25) is 0 Å². The van der Waals surface area contributed by atoms with Crippen LogP contribution in [-0.2, 0) is 4.74 Å². The Bertz CT molecular complexity index is 438. The summed E-state index contributed by atoms with van der Waals surface area (Å²) in [5.74, 6) is -1.30. The highest BCUT2D eigenvalue weighted by Gasteiger charge is 2.28. The van der Waals surface area contributed by atoms with Gasteiger partial charge in [0.25, 0.3) is 0 Å². The average molecular weight is 286 g/mol. The van der Waals surface area contributed by atoms with Gasteiger partial charge in [0.1, 0.15) is 12.3 Å². The summed E-state index contributed by atoms with van der Waals surface area (Å²) in [5.41, 5.74) is -0.293. The summed E-state index contributed by atoms with van der Waals surface area (Å²) in [6.45, 7) is -1.10. The average Bonchev–Trinajstić information content (AvgIpc) is 2.24. The number of alkyl halides is 3. The van der Waals surface area contributed by atoms with Crippen LogP contribution in [0.5, 0.6) is 5.75 Å². The number of hydrogen-bond donors (Lipinski definition) is 1. The van der Waals surface area contributed by atoms with Crippen LogP contribution in [0.1, 0.15) is 10.5 Å². The fraction of sp³-hybridized carbons (Fsp3) is 0.333. The lowest BCUT2D eigenvalue weighted by atomic mass is 10.3. The molecule has 1 aromatic rings. The van der Waals surface area contributed by atoms with Crippen molar-refractivity contribution in [3.8, 4) is 5.75 Å². The summed E-state index contributed by atoms with van der Waals surface area (Å²) in [6, 6.07) is 2.32. The molecule has 0 fully saturated rings. The van der Waals surface area contributed by atoms with Gasteiger partial charge in [-0.1, -0.05) is 11.6 Å². The van der Waals surface area contributed by atoms with E-state index in [-0.39, 0.29) is 16.6 Å². The standard InChI is InChI=1S/C9H7ClF3NO4/c10-7-6(2-1-5(14-7)8(15)16)17-3-4-18-9(11,12)13/h1-2H,3-4H2,(H,15,16). The summed E-state index contributed by atoms with van der Waals surface area (Å²) in [5, 5.41) is 8.35. The Morgan fingerprint density at radius 1 is 1.39 bits per heavy atom. The fourth-order valence-electron chi connectivity index (χ4n) is 0.957. The van der Waals surface area contributed by atoms with Gasteiger partial charge in [0, 0.05) is 0 Å². The van der Waals surface area contributed by atoms with Gasteiger partial charge in [-0.15, -0.1) is 13.2 Å². The van der Waals surface area contributed by atoms with E-state index < -0.39 is 25.5 Å². The van der Waals surface area contributed by atoms with Gasteiger partial charge in [-0.25, -0.2) is 9.78 Å². The van der Waals surface area contributed by atoms with E-state index in [2.05, 4.69) is 9.72 Å². The second-order valence-corrected chi connectivity index (χ2v) is 3.29. The van der Waals surface area contributed by atoms with Crippen LogP contribution in [0.3, 0.4) is 0 Å². The Morgan fingerprint density at radius 3 is 2.56 bits per heavy atom. The molecule has 0 aliphatic carbocycles. The quantitative estimate of drug-likeness (QED) is 0.664. The van der Waals surface area contributed by atoms with Crippen LogP contribution in [0.2, 0.25) is 5.15 Å². The molecule has 1 rings (SSSR count). The van der Waals surface area contributed by atoms with E-state index in [1.807, 2.05) is 0 Å². The number of rotatable bonds is 5. The topological polar surface area (TPSA) is 68.7 Å². The molecule has 0 aliphatic rings. The number of pyridine rings is 1. The van der Waals surface area contributed by atoms with Gasteiger partial charge in [-0.3, -0.25) is 4.74 Å². The number of carboxylic acid groups (broad SMARTS) is 1. The lowest BCUT2D eigenvalue weighted by Gasteiger charge is -2.09. The smallest absolute Gasteiger partial charge is 0.488 e. The number of hydrogen-bond acceptors (Lipinski definition) is 4. The largest absolute Gasteiger partial charge is 0.522 e. The van der Waals surface area contributed by atoms with Gasteiger partial charge in [-0.05, 0) is 12.1 Å². The minimum absolute atomic E-state index is 0.0209. The molecule has 1 N–H and O–H groups in total. The zero-order valence-electron chi connectivity index (χ0n) is 8.70. The van der Waals surface area contributed by atoms with Crippen LogP contribution in [0.4, 0.5) is 13.2 Å². The molecule has 0 bridgehead atoms. The SMILES string of the molecule is O=C(O)c1ccc(OCCOC(F)(F)F)c(Cl)n1. The molecule has 1 heterocycles. The molecule has 0 unspecified atom stereocenters. The molecule has 0 aromatic carbocycles. The van der Waals surface area contributed by atoms with E-state index in [1.54, 1.807) is 0 Å². The Labute approximate surface area is 104 Å². The minimum Gasteiger partial charge on any atom is -0.488 e. The maximum atomic E-state index is 11.6. The zero-order valence-corrected chi connectivity index (χ0v) is 9.46. The van der Waals surface area contributed by atoms with Crippen molar-refractivity contribution in [3.63, 3.8) is 0 Å². The van der Waals surface area contributed by atoms with E-state index >= 15 is 0 Å². The van der Waals surface area contributed by atoms with Crippen molar-refractivity contribution in [3.05, 3.63) is 23.0 Å². The van der Waals surface area contributed by atoms with Crippen molar-refractivity contribution in [2.45, 2.75) is 6.36 Å². The van der Waals surface area contributed by atoms with Crippen LogP contribution >= 0.6 is 11.6 Å². The van der Waals surface area contributed by atoms with Crippen molar-refractivity contribution in [2.75, 3.05) is 13.2 Å². The van der Waals surface area contributed by atoms with Crippen LogP contribution in [0.15, 0.2) is 12.1 Å². The molecule has 0 radical (unpaired) electrons. The van der Waals surface area contributed by atoms with E-state index in [9.17, 15) is 18.0 Å². The molecule has 0 saturated carbocycles. The highest BCUT2D eigenvalue weighted by molar-refractivity contribution is 6.31. The third-order valence-corrected chi connectivity index (χ3v) is 1.91. The maximum absolute atomic E-state index is 11.6. The van der Waals surface area contributed by atoms with E-state index in [4.69, 9.17) is 21.4 Å². The summed E-state index contributed by atoms with van der Waals surface area (Å²) in [6.07, 6.45) is -4.72. The Hall–Kier alpha value is -1.54. The third kappa shape index (κ3) is 4.76. The van der Waals surface area contributed by atoms with Gasteiger partial charge >= 0.3 is 12.3 Å². The monoisotopic (exact) mass is 285 g/mol. The van der Waals surface area contributed by atoms with Crippen molar-refractivity contribution in [2.24, 2.45) is 0 Å². The first-order chi connectivity index (χ1) is 8.29. The number of aromatic nitrogens is 1. The molecular weight excluding hydrogens is 279 g/mol. The zero-order chi connectivity index (χ0) is 13.8. The summed E-state index contributed by atoms with van der Waals surface area (Å²) >= 11 is 5.58. The number of ether oxygens (including phenoxy) is 2. The number of carbonyl (C=O) groups is 1. The molecule has 5 nitrogen and oxygen atoms in total. The van der Waals surface area contributed by atoms with Gasteiger partial charge in [-0.2, -0.15) is 0 Å². The molecular formula is C9H7ClF3NO4. The molecule has 18 heavy (non-hydrogen) atoms. The van der Waals surface area contributed by atoms with Crippen molar-refractivity contribution in [1.29, 1.82) is 0 Å². The van der Waals surface area contributed by atoms with Crippen LogP contribution in [0, 0.1) is 0 Å². The molecule has 0 saturated heterocycles. The van der Waals surface area contributed by atoms with Crippen LogP contribution < -0.4 is 4.74 Å². The summed E-state index contributed by atoms with van der Waals surface area (Å²) < 4.78 is 43.2. The molecule has 0 spiro atoms. The van der Waals surface area contributed by atoms with Gasteiger partial charge in [0.15, 0.2) is 10.9 Å². The normalized spacial score (nSPS) is 11.3. The maximum Gasteiger partial charge on any atom is 0.522 e. The first kappa shape index (κ1) is 14.5. The van der Waals surface area contributed by atoms with Crippen molar-refractivity contribution in [1.82, 2.24) is 4.98 Å². The summed E-state index contributed by atoms with van der Waals surface area (Å²) in [7, 11) is 0. The lowest BCUT2D eigenvalue weighted by Crippen LogP contribution is -2.18. The van der Waals surface area contributed by atoms with E-state index in [0.29, 0.717) is 0 Å². The van der Waals surface area contributed by atoms with Gasteiger partial charge < -0.3 is 9.84 Å². The molecule has 100 valence electrons. The Balaban J connectivity index is 2.51. The molecule has 1 aromatic heterocycles. The molecule has 0 aliphatic heterocycles. The number of aromatic carboxylic acids is 1. The van der Waals surface area contributed by atoms with Crippen LogP contribution in [0.25, 0.3) is 0 Å². The van der Waals surface area contributed by atoms with Crippen molar-refractivity contribution < 1.29 is 32.5 Å². The highest BCUT2D eigenvalue weighted by atomic mass is 35.5. The predicted molar refractivity (Wildman–Crippen MR) is 53.7 cm³/mol. The van der Waals surface area contributed by atoms with Gasteiger partial charge in [0.05, 0.1) is 6.61 Å². The third-order valence-electron chi connectivity index (χ3n) is 1.64. The molecule has 0 amide bonds. The van der Waals surface area contributed by atoms with Crippen LogP contribution in [-0.4, -0.2) is 35.6 Å². The second kappa shape index (κ2) is 5.87. The predicted octanol–water partition coefficient (Wildman–Crippen LogP) is 2.35. The fourth-order valence-corrected chi connectivity index (χ4v) is 1.17. The Kier molecular flexibility index (Phi) is 4.74. The van der Waals surface area contributed by atoms with Crippen molar-refractivity contribution >= 4 is 17.6 Å². The second-order valence-electron chi connectivity index (χ2n) is 2.93. The first-order valence-corrected chi connectivity index (χ1v) is 4.91. The molecule has 0 atom stereocenters. The number of halogens is 4. The van der Waals surface area contributed by atoms with E-state index in [1.165, 1.54) is 6.07 Å². The number of carboxylic acids is 1. The Morgan fingerprint density at radius 2 is 2.06 bits per heavy atom. The number of nitrogens with zero attached hydrogens (tertiary/aromatic N) is 1. The first-order valence-electron chi connectivity index (χ1n) is 4.53. The molecule has 9 heteroatoms. The highest BCUT2D eigenvalue weighted by Crippen LogP contribution is 2.22. The van der Waals surface area contributed by atoms with E-state index in [0.717, 1.165) is 6.07 Å². The minimum atomic E-state index is -4.72. The summed E-state index contributed by atoms with van der Waals surface area (Å²) in [4.78, 5) is 14.0.